The molecule has 3 aromatic carbocycles. The zero-order valence-electron chi connectivity index (χ0n) is 24.2. The van der Waals surface area contributed by atoms with Gasteiger partial charge in [0.2, 0.25) is 5.91 Å². The third-order valence-corrected chi connectivity index (χ3v) is 7.75. The molecule has 0 aliphatic rings. The Morgan fingerprint density at radius 2 is 1.70 bits per heavy atom. The SMILES string of the molecule is COc1ccc2c(CC(=O)CCCNC(=O)Cc3c(C)n(C(=O)c4ccc(Cl)cc4)c4ccc(C)cc34)cc(=O)oc2c1. The minimum Gasteiger partial charge on any atom is -0.497 e. The van der Waals surface area contributed by atoms with E-state index in [0.29, 0.717) is 51.5 Å². The van der Waals surface area contributed by atoms with Gasteiger partial charge >= 0.3 is 5.63 Å². The van der Waals surface area contributed by atoms with E-state index in [9.17, 15) is 19.2 Å². The lowest BCUT2D eigenvalue weighted by molar-refractivity contribution is -0.121. The average Bonchev–Trinajstić information content (AvgIpc) is 3.24. The molecule has 5 rings (SSSR count). The number of rotatable bonds is 10. The quantitative estimate of drug-likeness (QED) is 0.157. The van der Waals surface area contributed by atoms with Crippen LogP contribution in [-0.2, 0) is 22.4 Å². The van der Waals surface area contributed by atoms with Gasteiger partial charge in [0.25, 0.3) is 5.91 Å². The molecule has 1 N–H and O–H groups in total. The maximum atomic E-state index is 13.5. The summed E-state index contributed by atoms with van der Waals surface area (Å²) in [5, 5.41) is 4.98. The molecule has 43 heavy (non-hydrogen) atoms. The second-order valence-electron chi connectivity index (χ2n) is 10.5. The first-order valence-corrected chi connectivity index (χ1v) is 14.3. The number of fused-ring (bicyclic) bond motifs is 2. The molecule has 0 fully saturated rings. The van der Waals surface area contributed by atoms with E-state index >= 15 is 0 Å². The molecule has 2 aromatic heterocycles. The third-order valence-electron chi connectivity index (χ3n) is 7.50. The Kier molecular flexibility index (Phi) is 8.78. The number of benzene rings is 3. The van der Waals surface area contributed by atoms with Crippen molar-refractivity contribution in [3.8, 4) is 5.75 Å². The number of nitrogens with one attached hydrogen (secondary N) is 1. The van der Waals surface area contributed by atoms with Gasteiger partial charge in [0, 0.05) is 58.6 Å². The number of carbonyl (C=O) groups is 3. The summed E-state index contributed by atoms with van der Waals surface area (Å²) in [5.74, 6) is 0.108. The van der Waals surface area contributed by atoms with Crippen LogP contribution in [0.25, 0.3) is 21.9 Å². The number of hydrogen-bond donors (Lipinski definition) is 1. The van der Waals surface area contributed by atoms with Crippen molar-refractivity contribution in [2.45, 2.75) is 39.5 Å². The van der Waals surface area contributed by atoms with E-state index in [4.69, 9.17) is 20.8 Å². The number of methoxy groups -OCH3 is 1. The van der Waals surface area contributed by atoms with Crippen LogP contribution in [0.1, 0.15) is 45.6 Å². The van der Waals surface area contributed by atoms with Gasteiger partial charge in [0.15, 0.2) is 0 Å². The summed E-state index contributed by atoms with van der Waals surface area (Å²) in [6.45, 7) is 4.13. The molecule has 0 radical (unpaired) electrons. The number of aryl methyl sites for hydroxylation is 1. The minimum atomic E-state index is -0.530. The molecule has 0 aliphatic carbocycles. The standard InChI is InChI=1S/C34H31ClN2O6/c1-20-6-13-30-29(15-20)28(21(2)37(30)34(41)22-7-9-24(35)10-8-22)19-32(39)36-14-4-5-25(38)16-23-17-33(40)43-31-18-26(42-3)11-12-27(23)31/h6-13,15,17-18H,4-5,14,16,19H2,1-3H3,(H,36,39). The monoisotopic (exact) mass is 598 g/mol. The first kappa shape index (κ1) is 29.8. The van der Waals surface area contributed by atoms with E-state index in [1.165, 1.54) is 13.2 Å². The van der Waals surface area contributed by atoms with Gasteiger partial charge in [-0.05, 0) is 79.9 Å². The van der Waals surface area contributed by atoms with Crippen molar-refractivity contribution in [3.05, 3.63) is 110 Å². The molecule has 1 amide bonds. The van der Waals surface area contributed by atoms with Gasteiger partial charge in [0.05, 0.1) is 19.0 Å². The van der Waals surface area contributed by atoms with Crippen molar-refractivity contribution >= 4 is 51.1 Å². The molecule has 0 spiro atoms. The first-order valence-electron chi connectivity index (χ1n) is 13.9. The summed E-state index contributed by atoms with van der Waals surface area (Å²) in [6, 6.07) is 19.0. The highest BCUT2D eigenvalue weighted by Crippen LogP contribution is 2.29. The fourth-order valence-corrected chi connectivity index (χ4v) is 5.45. The number of amides is 1. The van der Waals surface area contributed by atoms with Crippen molar-refractivity contribution < 1.29 is 23.5 Å². The van der Waals surface area contributed by atoms with Crippen LogP contribution in [0.5, 0.6) is 5.75 Å². The number of nitrogens with zero attached hydrogens (tertiary/aromatic N) is 1. The van der Waals surface area contributed by atoms with Crippen molar-refractivity contribution in [1.29, 1.82) is 0 Å². The van der Waals surface area contributed by atoms with Gasteiger partial charge in [0.1, 0.15) is 17.1 Å². The number of carbonyl (C=O) groups excluding carboxylic acids is 3. The Morgan fingerprint density at radius 1 is 0.930 bits per heavy atom. The highest BCUT2D eigenvalue weighted by molar-refractivity contribution is 6.30. The number of ketones is 1. The molecular formula is C34H31ClN2O6. The van der Waals surface area contributed by atoms with Crippen molar-refractivity contribution in [1.82, 2.24) is 9.88 Å². The van der Waals surface area contributed by atoms with Gasteiger partial charge < -0.3 is 14.5 Å². The summed E-state index contributed by atoms with van der Waals surface area (Å²) in [7, 11) is 1.52. The van der Waals surface area contributed by atoms with Crippen molar-refractivity contribution in [2.24, 2.45) is 0 Å². The molecule has 0 atom stereocenters. The fraction of sp³-hybridized carbons (Fsp3) is 0.235. The molecule has 0 unspecified atom stereocenters. The number of halogens is 1. The van der Waals surface area contributed by atoms with E-state index in [1.54, 1.807) is 47.0 Å². The summed E-state index contributed by atoms with van der Waals surface area (Å²) in [6.07, 6.45) is 0.871. The van der Waals surface area contributed by atoms with Gasteiger partial charge in [-0.25, -0.2) is 4.79 Å². The highest BCUT2D eigenvalue weighted by Gasteiger charge is 2.21. The van der Waals surface area contributed by atoms with Crippen LogP contribution in [0.2, 0.25) is 5.02 Å². The number of Topliss-reactive ketones (excluding diaryl/α,β-unsaturated/α-hetero) is 1. The largest absolute Gasteiger partial charge is 0.497 e. The van der Waals surface area contributed by atoms with Crippen LogP contribution in [0.3, 0.4) is 0 Å². The Hall–Kier alpha value is -4.69. The summed E-state index contributed by atoms with van der Waals surface area (Å²) < 4.78 is 12.1. The van der Waals surface area contributed by atoms with Crippen LogP contribution >= 0.6 is 11.6 Å². The molecule has 220 valence electrons. The van der Waals surface area contributed by atoms with Crippen LogP contribution in [0.15, 0.2) is 75.9 Å². The van der Waals surface area contributed by atoms with E-state index in [1.807, 2.05) is 32.0 Å². The molecule has 0 aliphatic heterocycles. The van der Waals surface area contributed by atoms with Gasteiger partial charge in [-0.2, -0.15) is 0 Å². The fourth-order valence-electron chi connectivity index (χ4n) is 5.32. The first-order chi connectivity index (χ1) is 20.6. The van der Waals surface area contributed by atoms with Crippen LogP contribution in [0.4, 0.5) is 0 Å². The van der Waals surface area contributed by atoms with Crippen LogP contribution < -0.4 is 15.7 Å². The van der Waals surface area contributed by atoms with Crippen molar-refractivity contribution in [3.63, 3.8) is 0 Å². The zero-order valence-corrected chi connectivity index (χ0v) is 24.9. The molecular weight excluding hydrogens is 568 g/mol. The molecule has 0 bridgehead atoms. The van der Waals surface area contributed by atoms with E-state index in [-0.39, 0.29) is 36.9 Å². The predicted molar refractivity (Wildman–Crippen MR) is 166 cm³/mol. The smallest absolute Gasteiger partial charge is 0.336 e. The lowest BCUT2D eigenvalue weighted by Gasteiger charge is -2.09. The Labute approximate surface area is 253 Å². The van der Waals surface area contributed by atoms with Gasteiger partial charge in [-0.1, -0.05) is 23.2 Å². The molecule has 9 heteroatoms. The third kappa shape index (κ3) is 6.54. The Bertz CT molecular complexity index is 1920. The number of ether oxygens (including phenoxy) is 1. The lowest BCUT2D eigenvalue weighted by atomic mass is 10.0. The van der Waals surface area contributed by atoms with E-state index < -0.39 is 5.63 Å². The summed E-state index contributed by atoms with van der Waals surface area (Å²) in [5.41, 5.74) is 4.16. The maximum Gasteiger partial charge on any atom is 0.336 e. The van der Waals surface area contributed by atoms with Crippen LogP contribution in [-0.4, -0.2) is 35.8 Å². The Balaban J connectivity index is 1.23. The lowest BCUT2D eigenvalue weighted by Crippen LogP contribution is -2.27. The topological polar surface area (TPSA) is 108 Å². The van der Waals surface area contributed by atoms with Gasteiger partial charge in [-0.3, -0.25) is 19.0 Å². The summed E-state index contributed by atoms with van der Waals surface area (Å²) in [4.78, 5) is 51.2. The van der Waals surface area contributed by atoms with E-state index in [2.05, 4.69) is 5.32 Å². The Morgan fingerprint density at radius 3 is 2.44 bits per heavy atom. The molecule has 5 aromatic rings. The second-order valence-corrected chi connectivity index (χ2v) is 11.0. The molecule has 2 heterocycles. The molecule has 0 saturated heterocycles. The average molecular weight is 599 g/mol. The summed E-state index contributed by atoms with van der Waals surface area (Å²) >= 11 is 6.01. The van der Waals surface area contributed by atoms with Gasteiger partial charge in [-0.15, -0.1) is 0 Å². The maximum absolute atomic E-state index is 13.5. The normalized spacial score (nSPS) is 11.2. The second kappa shape index (κ2) is 12.7. The minimum absolute atomic E-state index is 0.0490. The van der Waals surface area contributed by atoms with Crippen LogP contribution in [0, 0.1) is 13.8 Å². The van der Waals surface area contributed by atoms with E-state index in [0.717, 1.165) is 22.0 Å². The van der Waals surface area contributed by atoms with Crippen molar-refractivity contribution in [2.75, 3.05) is 13.7 Å². The molecule has 8 nitrogen and oxygen atoms in total. The number of hydrogen-bond acceptors (Lipinski definition) is 6. The molecule has 0 saturated carbocycles. The number of aromatic nitrogens is 1. The highest BCUT2D eigenvalue weighted by atomic mass is 35.5. The zero-order chi connectivity index (χ0) is 30.7. The predicted octanol–water partition coefficient (Wildman–Crippen LogP) is 5.97.